The summed E-state index contributed by atoms with van der Waals surface area (Å²) in [5.74, 6) is 1.04. The minimum absolute atomic E-state index is 0.167. The molecule has 0 fully saturated rings. The second-order valence-corrected chi connectivity index (χ2v) is 4.36. The minimum Gasteiger partial charge on any atom is -0.508 e. The molecule has 0 spiro atoms. The van der Waals surface area contributed by atoms with Gasteiger partial charge in [0, 0.05) is 18.3 Å². The summed E-state index contributed by atoms with van der Waals surface area (Å²) in [5.41, 5.74) is 1.48. The van der Waals surface area contributed by atoms with E-state index in [9.17, 15) is 10.2 Å². The van der Waals surface area contributed by atoms with Gasteiger partial charge in [0.15, 0.2) is 0 Å². The number of benzene rings is 1. The van der Waals surface area contributed by atoms with E-state index in [0.717, 1.165) is 5.69 Å². The topological polar surface area (TPSA) is 87.5 Å². The Morgan fingerprint density at radius 3 is 2.60 bits per heavy atom. The van der Waals surface area contributed by atoms with E-state index >= 15 is 0 Å². The summed E-state index contributed by atoms with van der Waals surface area (Å²) in [6, 6.07) is 8.12. The molecule has 0 saturated carbocycles. The Labute approximate surface area is 117 Å². The largest absolute Gasteiger partial charge is 0.508 e. The van der Waals surface area contributed by atoms with Gasteiger partial charge in [0.05, 0.1) is 13.2 Å². The fraction of sp³-hybridized carbons (Fsp3) is 0.286. The smallest absolute Gasteiger partial charge is 0.226 e. The van der Waals surface area contributed by atoms with Gasteiger partial charge >= 0.3 is 0 Å². The van der Waals surface area contributed by atoms with Crippen LogP contribution in [0.3, 0.4) is 0 Å². The average molecular weight is 275 g/mol. The summed E-state index contributed by atoms with van der Waals surface area (Å²) >= 11 is 0. The highest BCUT2D eigenvalue weighted by atomic mass is 16.5. The Bertz CT molecular complexity index is 572. The Morgan fingerprint density at radius 1 is 1.25 bits per heavy atom. The van der Waals surface area contributed by atoms with Crippen molar-refractivity contribution >= 4 is 5.95 Å². The summed E-state index contributed by atoms with van der Waals surface area (Å²) in [6.45, 7) is 2.10. The number of hydrogen-bond acceptors (Lipinski definition) is 6. The number of methoxy groups -OCH3 is 1. The van der Waals surface area contributed by atoms with Gasteiger partial charge in [-0.2, -0.15) is 4.98 Å². The van der Waals surface area contributed by atoms with Crippen LogP contribution >= 0.6 is 0 Å². The summed E-state index contributed by atoms with van der Waals surface area (Å²) < 4.78 is 5.06. The molecule has 1 aromatic heterocycles. The highest BCUT2D eigenvalue weighted by molar-refractivity contribution is 5.32. The molecule has 1 unspecified atom stereocenters. The van der Waals surface area contributed by atoms with Gasteiger partial charge in [0.2, 0.25) is 11.8 Å². The van der Waals surface area contributed by atoms with E-state index in [4.69, 9.17) is 4.74 Å². The molecule has 2 rings (SSSR count). The van der Waals surface area contributed by atoms with Crippen LogP contribution in [0.15, 0.2) is 30.3 Å². The standard InChI is InChI=1S/C14H17N3O3/c1-9-7-13(20-2)17-14(16-9)15-8-12(19)10-3-5-11(18)6-4-10/h3-7,12,18-19H,8H2,1-2H3,(H,15,16,17). The monoisotopic (exact) mass is 275 g/mol. The van der Waals surface area contributed by atoms with Gasteiger partial charge < -0.3 is 20.3 Å². The molecule has 6 heteroatoms. The lowest BCUT2D eigenvalue weighted by molar-refractivity contribution is 0.191. The normalized spacial score (nSPS) is 11.9. The molecule has 1 aromatic carbocycles. The number of nitrogens with zero attached hydrogens (tertiary/aromatic N) is 2. The number of ether oxygens (including phenoxy) is 1. The van der Waals surface area contributed by atoms with Gasteiger partial charge in [-0.1, -0.05) is 12.1 Å². The first-order chi connectivity index (χ1) is 9.58. The van der Waals surface area contributed by atoms with Gasteiger partial charge in [0.25, 0.3) is 0 Å². The lowest BCUT2D eigenvalue weighted by atomic mass is 10.1. The van der Waals surface area contributed by atoms with Crippen LogP contribution in [0, 0.1) is 6.92 Å². The van der Waals surface area contributed by atoms with E-state index < -0.39 is 6.10 Å². The van der Waals surface area contributed by atoms with Gasteiger partial charge in [-0.3, -0.25) is 0 Å². The molecule has 0 radical (unpaired) electrons. The Morgan fingerprint density at radius 2 is 1.95 bits per heavy atom. The molecule has 1 atom stereocenters. The Hall–Kier alpha value is -2.34. The van der Waals surface area contributed by atoms with Crippen molar-refractivity contribution in [3.05, 3.63) is 41.6 Å². The molecule has 106 valence electrons. The predicted octanol–water partition coefficient (Wildman–Crippen LogP) is 1.64. The first-order valence-electron chi connectivity index (χ1n) is 6.19. The molecule has 0 aliphatic heterocycles. The van der Waals surface area contributed by atoms with Crippen LogP contribution in [0.5, 0.6) is 11.6 Å². The van der Waals surface area contributed by atoms with E-state index in [2.05, 4.69) is 15.3 Å². The molecule has 1 heterocycles. The molecular weight excluding hydrogens is 258 g/mol. The summed E-state index contributed by atoms with van der Waals surface area (Å²) in [6.07, 6.45) is -0.717. The van der Waals surface area contributed by atoms with Crippen molar-refractivity contribution in [3.63, 3.8) is 0 Å². The van der Waals surface area contributed by atoms with Crippen molar-refractivity contribution in [1.82, 2.24) is 9.97 Å². The molecule has 0 amide bonds. The second-order valence-electron chi connectivity index (χ2n) is 4.36. The van der Waals surface area contributed by atoms with Crippen molar-refractivity contribution in [2.45, 2.75) is 13.0 Å². The number of aryl methyl sites for hydroxylation is 1. The maximum atomic E-state index is 10.0. The van der Waals surface area contributed by atoms with Crippen molar-refractivity contribution in [1.29, 1.82) is 0 Å². The average Bonchev–Trinajstić information content (AvgIpc) is 2.45. The fourth-order valence-electron chi connectivity index (χ4n) is 1.73. The van der Waals surface area contributed by atoms with Crippen LogP contribution in [0.4, 0.5) is 5.95 Å². The van der Waals surface area contributed by atoms with Crippen molar-refractivity contribution in [2.24, 2.45) is 0 Å². The molecular formula is C14H17N3O3. The van der Waals surface area contributed by atoms with Gasteiger partial charge in [0.1, 0.15) is 5.75 Å². The molecule has 3 N–H and O–H groups in total. The van der Waals surface area contributed by atoms with Gasteiger partial charge in [-0.15, -0.1) is 0 Å². The number of rotatable bonds is 5. The SMILES string of the molecule is COc1cc(C)nc(NCC(O)c2ccc(O)cc2)n1. The zero-order chi connectivity index (χ0) is 14.5. The van der Waals surface area contributed by atoms with E-state index in [1.807, 2.05) is 6.92 Å². The molecule has 0 aliphatic rings. The zero-order valence-corrected chi connectivity index (χ0v) is 11.4. The molecule has 0 aliphatic carbocycles. The lowest BCUT2D eigenvalue weighted by Crippen LogP contribution is -2.14. The van der Waals surface area contributed by atoms with E-state index in [1.54, 1.807) is 18.2 Å². The van der Waals surface area contributed by atoms with Crippen molar-refractivity contribution in [2.75, 3.05) is 19.0 Å². The van der Waals surface area contributed by atoms with Crippen LogP contribution < -0.4 is 10.1 Å². The Kier molecular flexibility index (Phi) is 4.37. The fourth-order valence-corrected chi connectivity index (χ4v) is 1.73. The van der Waals surface area contributed by atoms with Gasteiger partial charge in [-0.05, 0) is 24.6 Å². The maximum Gasteiger partial charge on any atom is 0.226 e. The number of aromatic nitrogens is 2. The van der Waals surface area contributed by atoms with Crippen LogP contribution in [-0.4, -0.2) is 33.8 Å². The summed E-state index contributed by atoms with van der Waals surface area (Å²) in [5, 5.41) is 22.2. The zero-order valence-electron chi connectivity index (χ0n) is 11.4. The third-order valence-electron chi connectivity index (χ3n) is 2.77. The van der Waals surface area contributed by atoms with Gasteiger partial charge in [-0.25, -0.2) is 4.98 Å². The number of nitrogens with one attached hydrogen (secondary N) is 1. The summed E-state index contributed by atoms with van der Waals surface area (Å²) in [4.78, 5) is 8.34. The number of anilines is 1. The predicted molar refractivity (Wildman–Crippen MR) is 74.9 cm³/mol. The van der Waals surface area contributed by atoms with E-state index in [1.165, 1.54) is 19.2 Å². The number of aliphatic hydroxyl groups excluding tert-OH is 1. The van der Waals surface area contributed by atoms with Crippen molar-refractivity contribution in [3.8, 4) is 11.6 Å². The summed E-state index contributed by atoms with van der Waals surface area (Å²) in [7, 11) is 1.54. The number of hydrogen-bond donors (Lipinski definition) is 3. The van der Waals surface area contributed by atoms with E-state index in [0.29, 0.717) is 17.4 Å². The molecule has 2 aromatic rings. The van der Waals surface area contributed by atoms with E-state index in [-0.39, 0.29) is 12.3 Å². The first kappa shape index (κ1) is 14.1. The van der Waals surface area contributed by atoms with Crippen molar-refractivity contribution < 1.29 is 14.9 Å². The van der Waals surface area contributed by atoms with Crippen LogP contribution in [-0.2, 0) is 0 Å². The number of phenols is 1. The van der Waals surface area contributed by atoms with Crippen LogP contribution in [0.25, 0.3) is 0 Å². The quantitative estimate of drug-likeness (QED) is 0.769. The molecule has 0 saturated heterocycles. The second kappa shape index (κ2) is 6.21. The Balaban J connectivity index is 2.01. The maximum absolute atomic E-state index is 10.0. The van der Waals surface area contributed by atoms with Crippen LogP contribution in [0.1, 0.15) is 17.4 Å². The number of phenolic OH excluding ortho intramolecular Hbond substituents is 1. The molecule has 6 nitrogen and oxygen atoms in total. The highest BCUT2D eigenvalue weighted by Crippen LogP contribution is 2.17. The molecule has 0 bridgehead atoms. The van der Waals surface area contributed by atoms with Crippen LogP contribution in [0.2, 0.25) is 0 Å². The first-order valence-corrected chi connectivity index (χ1v) is 6.19. The number of aliphatic hydroxyl groups is 1. The third-order valence-corrected chi connectivity index (χ3v) is 2.77. The lowest BCUT2D eigenvalue weighted by Gasteiger charge is -2.13. The number of aromatic hydroxyl groups is 1. The minimum atomic E-state index is -0.717. The highest BCUT2D eigenvalue weighted by Gasteiger charge is 2.09. The molecule has 20 heavy (non-hydrogen) atoms. The third kappa shape index (κ3) is 3.58.